The third-order valence-corrected chi connectivity index (χ3v) is 2.95. The molecule has 72 valence electrons. The summed E-state index contributed by atoms with van der Waals surface area (Å²) in [6, 6.07) is 0. The maximum Gasteiger partial charge on any atom is 0.433 e. The average Bonchev–Trinajstić information content (AvgIpc) is 2.41. The first kappa shape index (κ1) is 8.93. The number of aromatic nitrogens is 2. The fraction of sp³-hybridized carbons (Fsp3) is 0.571. The zero-order chi connectivity index (χ0) is 9.64. The third-order valence-electron chi connectivity index (χ3n) is 1.98. The van der Waals surface area contributed by atoms with Crippen LogP contribution in [0.15, 0.2) is 0 Å². The van der Waals surface area contributed by atoms with Crippen molar-refractivity contribution < 1.29 is 13.2 Å². The maximum atomic E-state index is 12.5. The minimum absolute atomic E-state index is 0.361. The molecule has 2 rings (SSSR count). The maximum absolute atomic E-state index is 12.5. The molecule has 2 heterocycles. The Kier molecular flexibility index (Phi) is 1.83. The van der Waals surface area contributed by atoms with Crippen LogP contribution in [0.3, 0.4) is 0 Å². The highest BCUT2D eigenvalue weighted by Crippen LogP contribution is 2.39. The lowest BCUT2D eigenvalue weighted by Gasteiger charge is -2.08. The van der Waals surface area contributed by atoms with Crippen molar-refractivity contribution in [3.05, 3.63) is 17.0 Å². The Bertz CT molecular complexity index is 342. The van der Waals surface area contributed by atoms with E-state index in [-0.39, 0.29) is 0 Å². The zero-order valence-corrected chi connectivity index (χ0v) is 7.67. The first-order valence-electron chi connectivity index (χ1n) is 3.70. The summed E-state index contributed by atoms with van der Waals surface area (Å²) >= 11 is 1.47. The lowest BCUT2D eigenvalue weighted by atomic mass is 10.2. The number of rotatable bonds is 0. The summed E-state index contributed by atoms with van der Waals surface area (Å²) in [5.74, 6) is 1.03. The topological polar surface area (TPSA) is 17.8 Å². The van der Waals surface area contributed by atoms with Gasteiger partial charge in [0.2, 0.25) is 0 Å². The third kappa shape index (κ3) is 1.33. The van der Waals surface area contributed by atoms with Crippen LogP contribution in [0.25, 0.3) is 0 Å². The summed E-state index contributed by atoms with van der Waals surface area (Å²) in [4.78, 5) is 0. The molecule has 0 atom stereocenters. The van der Waals surface area contributed by atoms with Gasteiger partial charge in [0.05, 0.1) is 5.69 Å². The first-order valence-corrected chi connectivity index (χ1v) is 4.85. The van der Waals surface area contributed by atoms with Crippen molar-refractivity contribution in [3.8, 4) is 0 Å². The van der Waals surface area contributed by atoms with Gasteiger partial charge in [-0.15, -0.1) is 0 Å². The largest absolute Gasteiger partial charge is 0.433 e. The highest BCUT2D eigenvalue weighted by atomic mass is 32.2. The van der Waals surface area contributed by atoms with E-state index in [0.29, 0.717) is 22.8 Å². The number of fused-ring (bicyclic) bond motifs is 1. The predicted molar refractivity (Wildman–Crippen MR) is 43.2 cm³/mol. The van der Waals surface area contributed by atoms with Crippen molar-refractivity contribution in [2.24, 2.45) is 7.05 Å². The zero-order valence-electron chi connectivity index (χ0n) is 6.85. The van der Waals surface area contributed by atoms with Gasteiger partial charge in [0.15, 0.2) is 0 Å². The van der Waals surface area contributed by atoms with E-state index in [1.165, 1.54) is 18.8 Å². The van der Waals surface area contributed by atoms with Crippen LogP contribution in [0.2, 0.25) is 0 Å². The number of aryl methyl sites for hydroxylation is 1. The smallest absolute Gasteiger partial charge is 0.263 e. The molecule has 0 aromatic carbocycles. The first-order chi connectivity index (χ1) is 6.00. The van der Waals surface area contributed by atoms with Gasteiger partial charge in [-0.25, -0.2) is 0 Å². The molecule has 13 heavy (non-hydrogen) atoms. The van der Waals surface area contributed by atoms with Gasteiger partial charge in [-0.3, -0.25) is 4.68 Å². The predicted octanol–water partition coefficient (Wildman–Crippen LogP) is 2.19. The molecule has 1 aliphatic rings. The Morgan fingerprint density at radius 2 is 2.08 bits per heavy atom. The quantitative estimate of drug-likeness (QED) is 0.650. The van der Waals surface area contributed by atoms with Crippen LogP contribution in [0, 0.1) is 0 Å². The average molecular weight is 208 g/mol. The van der Waals surface area contributed by atoms with E-state index in [0.717, 1.165) is 4.68 Å². The standard InChI is InChI=1S/C7H7F3N2S/c1-12-6(7(8,9)10)4-2-13-3-5(4)11-12/h2-3H2,1H3. The Morgan fingerprint density at radius 1 is 1.38 bits per heavy atom. The van der Waals surface area contributed by atoms with E-state index in [1.54, 1.807) is 0 Å². The van der Waals surface area contributed by atoms with Crippen LogP contribution < -0.4 is 0 Å². The second kappa shape index (κ2) is 2.67. The van der Waals surface area contributed by atoms with Crippen LogP contribution in [-0.4, -0.2) is 9.78 Å². The van der Waals surface area contributed by atoms with Gasteiger partial charge < -0.3 is 0 Å². The van der Waals surface area contributed by atoms with E-state index < -0.39 is 11.9 Å². The molecule has 0 aliphatic carbocycles. The van der Waals surface area contributed by atoms with Gasteiger partial charge in [0.25, 0.3) is 0 Å². The highest BCUT2D eigenvalue weighted by Gasteiger charge is 2.40. The molecule has 2 nitrogen and oxygen atoms in total. The number of nitrogens with zero attached hydrogens (tertiary/aromatic N) is 2. The molecular weight excluding hydrogens is 201 g/mol. The van der Waals surface area contributed by atoms with Gasteiger partial charge in [0, 0.05) is 24.1 Å². The summed E-state index contributed by atoms with van der Waals surface area (Å²) < 4.78 is 38.3. The molecule has 0 radical (unpaired) electrons. The Balaban J connectivity index is 2.56. The number of thioether (sulfide) groups is 1. The Labute approximate surface area is 77.1 Å². The molecule has 1 aliphatic heterocycles. The molecule has 0 bridgehead atoms. The molecule has 0 amide bonds. The summed E-state index contributed by atoms with van der Waals surface area (Å²) in [6.07, 6.45) is -4.28. The number of alkyl halides is 3. The second-order valence-electron chi connectivity index (χ2n) is 2.89. The fourth-order valence-corrected chi connectivity index (χ4v) is 2.53. The molecule has 0 spiro atoms. The SMILES string of the molecule is Cn1nc2c(c1C(F)(F)F)CSC2. The van der Waals surface area contributed by atoms with Gasteiger partial charge in [-0.05, 0) is 0 Å². The van der Waals surface area contributed by atoms with Crippen molar-refractivity contribution >= 4 is 11.8 Å². The Morgan fingerprint density at radius 3 is 2.69 bits per heavy atom. The highest BCUT2D eigenvalue weighted by molar-refractivity contribution is 7.98. The van der Waals surface area contributed by atoms with Crippen molar-refractivity contribution in [2.45, 2.75) is 17.7 Å². The summed E-state index contributed by atoms with van der Waals surface area (Å²) in [6.45, 7) is 0. The van der Waals surface area contributed by atoms with Crippen molar-refractivity contribution in [2.75, 3.05) is 0 Å². The van der Waals surface area contributed by atoms with E-state index >= 15 is 0 Å². The summed E-state index contributed by atoms with van der Waals surface area (Å²) in [5.41, 5.74) is 0.354. The fourth-order valence-electron chi connectivity index (χ4n) is 1.50. The lowest BCUT2D eigenvalue weighted by Crippen LogP contribution is -2.13. The molecule has 0 saturated heterocycles. The summed E-state index contributed by atoms with van der Waals surface area (Å²) in [7, 11) is 1.34. The molecule has 0 saturated carbocycles. The van der Waals surface area contributed by atoms with E-state index in [2.05, 4.69) is 5.10 Å². The molecule has 1 aromatic rings. The van der Waals surface area contributed by atoms with Crippen LogP contribution in [0.5, 0.6) is 0 Å². The second-order valence-corrected chi connectivity index (χ2v) is 3.87. The normalized spacial score (nSPS) is 16.3. The van der Waals surface area contributed by atoms with Crippen LogP contribution in [0.1, 0.15) is 17.0 Å². The van der Waals surface area contributed by atoms with Gasteiger partial charge in [-0.1, -0.05) is 0 Å². The molecule has 0 unspecified atom stereocenters. The van der Waals surface area contributed by atoms with E-state index in [9.17, 15) is 13.2 Å². The molecule has 0 fully saturated rings. The number of hydrogen-bond acceptors (Lipinski definition) is 2. The van der Waals surface area contributed by atoms with Crippen LogP contribution in [-0.2, 0) is 24.7 Å². The van der Waals surface area contributed by atoms with Crippen molar-refractivity contribution in [1.82, 2.24) is 9.78 Å². The van der Waals surface area contributed by atoms with Gasteiger partial charge >= 0.3 is 6.18 Å². The van der Waals surface area contributed by atoms with Gasteiger partial charge in [0.1, 0.15) is 5.69 Å². The summed E-state index contributed by atoms with van der Waals surface area (Å²) in [5, 5.41) is 3.83. The van der Waals surface area contributed by atoms with Gasteiger partial charge in [-0.2, -0.15) is 30.0 Å². The van der Waals surface area contributed by atoms with Crippen LogP contribution >= 0.6 is 11.8 Å². The van der Waals surface area contributed by atoms with E-state index in [1.807, 2.05) is 0 Å². The monoisotopic (exact) mass is 208 g/mol. The minimum Gasteiger partial charge on any atom is -0.263 e. The minimum atomic E-state index is -4.28. The molecule has 6 heteroatoms. The van der Waals surface area contributed by atoms with Crippen molar-refractivity contribution in [1.29, 1.82) is 0 Å². The van der Waals surface area contributed by atoms with Crippen LogP contribution in [0.4, 0.5) is 13.2 Å². The van der Waals surface area contributed by atoms with E-state index in [4.69, 9.17) is 0 Å². The molecule has 0 N–H and O–H groups in total. The molecular formula is C7H7F3N2S. The van der Waals surface area contributed by atoms with Crippen molar-refractivity contribution in [3.63, 3.8) is 0 Å². The number of hydrogen-bond donors (Lipinski definition) is 0. The lowest BCUT2D eigenvalue weighted by molar-refractivity contribution is -0.144. The molecule has 1 aromatic heterocycles. The number of halogens is 3. The Hall–Kier alpha value is -0.650.